The zero-order chi connectivity index (χ0) is 23.2. The number of carbonyl (C=O) groups is 3. The van der Waals surface area contributed by atoms with Crippen molar-refractivity contribution in [1.82, 2.24) is 5.32 Å². The fourth-order valence-electron chi connectivity index (χ4n) is 2.23. The molecule has 2 atom stereocenters. The maximum absolute atomic E-state index is 12.6. The lowest BCUT2D eigenvalue weighted by Crippen LogP contribution is -2.50. The van der Waals surface area contributed by atoms with Gasteiger partial charge in [-0.1, -0.05) is 13.8 Å². The molecule has 1 fully saturated rings. The van der Waals surface area contributed by atoms with E-state index in [1.54, 1.807) is 48.5 Å². The van der Waals surface area contributed by atoms with Crippen molar-refractivity contribution < 1.29 is 46.7 Å². The van der Waals surface area contributed by atoms with Gasteiger partial charge in [-0.05, 0) is 34.6 Å². The summed E-state index contributed by atoms with van der Waals surface area (Å²) in [6, 6.07) is 0. The largest absolute Gasteiger partial charge is 0.510 e. The summed E-state index contributed by atoms with van der Waals surface area (Å²) in [5, 5.41) is 2.56. The summed E-state index contributed by atoms with van der Waals surface area (Å²) in [6.45, 7) is 11.0. The fraction of sp³-hybridized carbons (Fsp3) is 0.833. The molecule has 1 aliphatic heterocycles. The summed E-state index contributed by atoms with van der Waals surface area (Å²) in [6.07, 6.45) is -2.62. The summed E-state index contributed by atoms with van der Waals surface area (Å²) < 4.78 is 42.5. The Balaban J connectivity index is 2.58. The van der Waals surface area contributed by atoms with Crippen molar-refractivity contribution in [2.45, 2.75) is 72.7 Å². The monoisotopic (exact) mass is 453 g/mol. The third-order valence-electron chi connectivity index (χ3n) is 3.54. The minimum Gasteiger partial charge on any atom is -0.460 e. The van der Waals surface area contributed by atoms with Crippen LogP contribution >= 0.6 is 7.82 Å². The molecular formula is C18H32NO10P. The topological polar surface area (TPSA) is 136 Å². The molecule has 0 aromatic heterocycles. The van der Waals surface area contributed by atoms with Crippen LogP contribution in [0, 0.1) is 5.41 Å². The zero-order valence-corrected chi connectivity index (χ0v) is 19.4. The minimum absolute atomic E-state index is 0.0137. The highest BCUT2D eigenvalue weighted by molar-refractivity contribution is 7.48. The summed E-state index contributed by atoms with van der Waals surface area (Å²) >= 11 is 0. The highest BCUT2D eigenvalue weighted by Crippen LogP contribution is 2.57. The van der Waals surface area contributed by atoms with Crippen LogP contribution in [0.5, 0.6) is 0 Å². The third kappa shape index (κ3) is 9.42. The Morgan fingerprint density at radius 2 is 1.87 bits per heavy atom. The Hall–Kier alpha value is -1.68. The Labute approximate surface area is 176 Å². The lowest BCUT2D eigenvalue weighted by atomic mass is 9.87. The van der Waals surface area contributed by atoms with Crippen molar-refractivity contribution in [2.24, 2.45) is 5.41 Å². The molecule has 1 N–H and O–H groups in total. The minimum atomic E-state index is -4.16. The van der Waals surface area contributed by atoms with Crippen molar-refractivity contribution in [1.29, 1.82) is 0 Å². The molecule has 11 nitrogen and oxygen atoms in total. The van der Waals surface area contributed by atoms with E-state index >= 15 is 0 Å². The van der Waals surface area contributed by atoms with Gasteiger partial charge in [0.15, 0.2) is 6.10 Å². The van der Waals surface area contributed by atoms with Gasteiger partial charge in [0.2, 0.25) is 12.7 Å². The Morgan fingerprint density at radius 1 is 1.23 bits per heavy atom. The average Bonchev–Trinajstić information content (AvgIpc) is 2.55. The molecule has 174 valence electrons. The van der Waals surface area contributed by atoms with Gasteiger partial charge in [-0.15, -0.1) is 0 Å². The van der Waals surface area contributed by atoms with E-state index < -0.39 is 55.9 Å². The molecule has 1 saturated heterocycles. The fourth-order valence-corrected chi connectivity index (χ4v) is 3.74. The first kappa shape index (κ1) is 26.4. The van der Waals surface area contributed by atoms with E-state index in [-0.39, 0.29) is 19.6 Å². The van der Waals surface area contributed by atoms with Crippen LogP contribution in [0.4, 0.5) is 4.79 Å². The standard InChI is InChI=1S/C18H32NO10P/c1-12(2)27-16(22)24-11-26-30(23)25-10-18(6,7)14(29-30)15(21)19-9-8-13(20)28-17(3,4)5/h12,14H,8-11H2,1-7H3,(H,19,21)/t14-,30+/m0/s1. The average molecular weight is 453 g/mol. The Bertz CT molecular complexity index is 670. The zero-order valence-electron chi connectivity index (χ0n) is 18.5. The van der Waals surface area contributed by atoms with E-state index in [4.69, 9.17) is 23.0 Å². The third-order valence-corrected chi connectivity index (χ3v) is 4.88. The van der Waals surface area contributed by atoms with Gasteiger partial charge < -0.3 is 19.5 Å². The number of ether oxygens (including phenoxy) is 3. The molecule has 0 saturated carbocycles. The van der Waals surface area contributed by atoms with E-state index in [9.17, 15) is 18.9 Å². The van der Waals surface area contributed by atoms with Gasteiger partial charge in [-0.2, -0.15) is 0 Å². The molecule has 30 heavy (non-hydrogen) atoms. The molecule has 0 bridgehead atoms. The molecular weight excluding hydrogens is 421 g/mol. The summed E-state index contributed by atoms with van der Waals surface area (Å²) in [5.74, 6) is -1.05. The predicted molar refractivity (Wildman–Crippen MR) is 104 cm³/mol. The number of phosphoric ester groups is 1. The molecule has 12 heteroatoms. The lowest BCUT2D eigenvalue weighted by molar-refractivity contribution is -0.154. The van der Waals surface area contributed by atoms with Gasteiger partial charge in [0.05, 0.1) is 19.1 Å². The Kier molecular flexibility index (Phi) is 9.28. The molecule has 1 heterocycles. The number of hydrogen-bond acceptors (Lipinski definition) is 10. The van der Waals surface area contributed by atoms with Crippen molar-refractivity contribution in [2.75, 3.05) is 19.9 Å². The second-order valence-electron chi connectivity index (χ2n) is 8.63. The second kappa shape index (κ2) is 10.6. The highest BCUT2D eigenvalue weighted by atomic mass is 31.2. The summed E-state index contributed by atoms with van der Waals surface area (Å²) in [4.78, 5) is 35.6. The van der Waals surface area contributed by atoms with Crippen LogP contribution in [0.3, 0.4) is 0 Å². The second-order valence-corrected chi connectivity index (χ2v) is 10.3. The van der Waals surface area contributed by atoms with Gasteiger partial charge in [0.1, 0.15) is 5.60 Å². The SMILES string of the molecule is CC(C)OC(=O)OCO[P@@]1(=O)OCC(C)(C)[C@H](C(=O)NCCC(=O)OC(C)(C)C)O1. The van der Waals surface area contributed by atoms with E-state index in [1.165, 1.54) is 0 Å². The predicted octanol–water partition coefficient (Wildman–Crippen LogP) is 2.92. The molecule has 0 aromatic rings. The maximum Gasteiger partial charge on any atom is 0.510 e. The van der Waals surface area contributed by atoms with Gasteiger partial charge in [-0.3, -0.25) is 18.6 Å². The number of rotatable bonds is 8. The van der Waals surface area contributed by atoms with Crippen LogP contribution in [0.2, 0.25) is 0 Å². The van der Waals surface area contributed by atoms with Crippen molar-refractivity contribution >= 4 is 25.9 Å². The number of phosphoric acid groups is 1. The molecule has 0 unspecified atom stereocenters. The van der Waals surface area contributed by atoms with Crippen molar-refractivity contribution in [3.05, 3.63) is 0 Å². The number of amides is 1. The van der Waals surface area contributed by atoms with Crippen molar-refractivity contribution in [3.63, 3.8) is 0 Å². The first-order valence-corrected chi connectivity index (χ1v) is 11.0. The number of esters is 1. The van der Waals surface area contributed by atoms with Gasteiger partial charge in [-0.25, -0.2) is 13.9 Å². The maximum atomic E-state index is 12.6. The molecule has 0 aliphatic carbocycles. The van der Waals surface area contributed by atoms with Crippen LogP contribution in [-0.2, 0) is 41.9 Å². The lowest BCUT2D eigenvalue weighted by Gasteiger charge is -2.39. The van der Waals surface area contributed by atoms with Crippen LogP contribution in [0.25, 0.3) is 0 Å². The van der Waals surface area contributed by atoms with Gasteiger partial charge in [0, 0.05) is 12.0 Å². The van der Waals surface area contributed by atoms with E-state index in [0.29, 0.717) is 0 Å². The van der Waals surface area contributed by atoms with Crippen molar-refractivity contribution in [3.8, 4) is 0 Å². The highest BCUT2D eigenvalue weighted by Gasteiger charge is 2.49. The Morgan fingerprint density at radius 3 is 2.43 bits per heavy atom. The summed E-state index contributed by atoms with van der Waals surface area (Å²) in [5.41, 5.74) is -1.45. The molecule has 1 amide bonds. The molecule has 0 aromatic carbocycles. The van der Waals surface area contributed by atoms with E-state index in [1.807, 2.05) is 0 Å². The van der Waals surface area contributed by atoms with Gasteiger partial charge in [0.25, 0.3) is 0 Å². The number of nitrogens with one attached hydrogen (secondary N) is 1. The van der Waals surface area contributed by atoms with Crippen LogP contribution < -0.4 is 5.32 Å². The molecule has 0 radical (unpaired) electrons. The van der Waals surface area contributed by atoms with Crippen LogP contribution in [0.1, 0.15) is 54.9 Å². The summed E-state index contributed by atoms with van der Waals surface area (Å²) in [7, 11) is -4.16. The van der Waals surface area contributed by atoms with Crippen LogP contribution in [0.15, 0.2) is 0 Å². The van der Waals surface area contributed by atoms with Crippen LogP contribution in [-0.4, -0.2) is 55.8 Å². The van der Waals surface area contributed by atoms with E-state index in [2.05, 4.69) is 10.1 Å². The quantitative estimate of drug-likeness (QED) is 0.332. The molecule has 0 spiro atoms. The molecule has 1 aliphatic rings. The van der Waals surface area contributed by atoms with Gasteiger partial charge >= 0.3 is 19.9 Å². The smallest absolute Gasteiger partial charge is 0.460 e. The normalized spacial score (nSPS) is 23.5. The number of carbonyl (C=O) groups excluding carboxylic acids is 3. The first-order chi connectivity index (χ1) is 13.6. The molecule has 1 rings (SSSR count). The first-order valence-electron chi connectivity index (χ1n) is 9.54. The number of hydrogen-bond donors (Lipinski definition) is 1. The van der Waals surface area contributed by atoms with E-state index in [0.717, 1.165) is 0 Å².